The first kappa shape index (κ1) is 13.5. The Morgan fingerprint density at radius 3 is 2.69 bits per heavy atom. The third-order valence-corrected chi connectivity index (χ3v) is 3.54. The predicted molar refractivity (Wildman–Crippen MR) is 65.2 cm³/mol. The lowest BCUT2D eigenvalue weighted by Gasteiger charge is -2.34. The first-order valence-electron chi connectivity index (χ1n) is 6.47. The van der Waals surface area contributed by atoms with Crippen LogP contribution < -0.4 is 5.32 Å². The van der Waals surface area contributed by atoms with Crippen LogP contribution in [0.5, 0.6) is 0 Å². The Morgan fingerprint density at radius 1 is 1.44 bits per heavy atom. The van der Waals surface area contributed by atoms with E-state index in [0.29, 0.717) is 18.6 Å². The van der Waals surface area contributed by atoms with E-state index >= 15 is 0 Å². The molecule has 1 saturated carbocycles. The highest BCUT2D eigenvalue weighted by atomic mass is 16.5. The van der Waals surface area contributed by atoms with Gasteiger partial charge in [0.2, 0.25) is 0 Å². The Balaban J connectivity index is 2.38. The SMILES string of the molecule is CCOC(=O)C(C)NC1CCC(C)CC1C. The monoisotopic (exact) mass is 227 g/mol. The summed E-state index contributed by atoms with van der Waals surface area (Å²) in [6.45, 7) is 8.77. The third kappa shape index (κ3) is 3.78. The van der Waals surface area contributed by atoms with E-state index in [1.807, 2.05) is 13.8 Å². The van der Waals surface area contributed by atoms with E-state index in [2.05, 4.69) is 19.2 Å². The van der Waals surface area contributed by atoms with Crippen LogP contribution in [0.1, 0.15) is 47.0 Å². The van der Waals surface area contributed by atoms with Gasteiger partial charge < -0.3 is 10.1 Å². The van der Waals surface area contributed by atoms with Gasteiger partial charge in [0.05, 0.1) is 6.61 Å². The maximum Gasteiger partial charge on any atom is 0.322 e. The van der Waals surface area contributed by atoms with Gasteiger partial charge in [-0.2, -0.15) is 0 Å². The molecule has 0 spiro atoms. The van der Waals surface area contributed by atoms with Crippen LogP contribution in [0, 0.1) is 11.8 Å². The average Bonchev–Trinajstić information content (AvgIpc) is 2.22. The van der Waals surface area contributed by atoms with Crippen LogP contribution in [-0.4, -0.2) is 24.7 Å². The molecule has 0 heterocycles. The van der Waals surface area contributed by atoms with Crippen molar-refractivity contribution in [3.05, 3.63) is 0 Å². The predicted octanol–water partition coefficient (Wildman–Crippen LogP) is 2.35. The van der Waals surface area contributed by atoms with Crippen LogP contribution in [0.15, 0.2) is 0 Å². The van der Waals surface area contributed by atoms with Crippen LogP contribution in [0.4, 0.5) is 0 Å². The summed E-state index contributed by atoms with van der Waals surface area (Å²) in [5.74, 6) is 1.35. The zero-order chi connectivity index (χ0) is 12.1. The fraction of sp³-hybridized carbons (Fsp3) is 0.923. The topological polar surface area (TPSA) is 38.3 Å². The Hall–Kier alpha value is -0.570. The molecule has 1 rings (SSSR count). The van der Waals surface area contributed by atoms with Gasteiger partial charge in [-0.15, -0.1) is 0 Å². The Labute approximate surface area is 98.9 Å². The van der Waals surface area contributed by atoms with Gasteiger partial charge in [-0.05, 0) is 44.9 Å². The summed E-state index contributed by atoms with van der Waals surface area (Å²) in [5.41, 5.74) is 0. The summed E-state index contributed by atoms with van der Waals surface area (Å²) in [6.07, 6.45) is 3.69. The third-order valence-electron chi connectivity index (χ3n) is 3.54. The van der Waals surface area contributed by atoms with E-state index in [0.717, 1.165) is 5.92 Å². The molecule has 0 aromatic heterocycles. The minimum atomic E-state index is -0.180. The molecule has 0 saturated heterocycles. The molecule has 0 aromatic carbocycles. The number of nitrogens with one attached hydrogen (secondary N) is 1. The normalized spacial score (nSPS) is 32.1. The van der Waals surface area contributed by atoms with E-state index in [4.69, 9.17) is 4.74 Å². The number of rotatable bonds is 4. The van der Waals surface area contributed by atoms with Gasteiger partial charge in [0.25, 0.3) is 0 Å². The summed E-state index contributed by atoms with van der Waals surface area (Å²) < 4.78 is 5.00. The first-order valence-corrected chi connectivity index (χ1v) is 6.47. The molecular formula is C13H25NO2. The van der Waals surface area contributed by atoms with Crippen molar-refractivity contribution >= 4 is 5.97 Å². The van der Waals surface area contributed by atoms with Gasteiger partial charge in [0, 0.05) is 6.04 Å². The fourth-order valence-corrected chi connectivity index (χ4v) is 2.57. The Kier molecular flexibility index (Phi) is 5.26. The average molecular weight is 227 g/mol. The van der Waals surface area contributed by atoms with Crippen molar-refractivity contribution < 1.29 is 9.53 Å². The van der Waals surface area contributed by atoms with Gasteiger partial charge in [-0.1, -0.05) is 13.8 Å². The van der Waals surface area contributed by atoms with Gasteiger partial charge >= 0.3 is 5.97 Å². The van der Waals surface area contributed by atoms with E-state index in [1.165, 1.54) is 19.3 Å². The van der Waals surface area contributed by atoms with Gasteiger partial charge in [-0.25, -0.2) is 0 Å². The molecule has 4 atom stereocenters. The Morgan fingerprint density at radius 2 is 2.12 bits per heavy atom. The van der Waals surface area contributed by atoms with Crippen LogP contribution in [-0.2, 0) is 9.53 Å². The maximum absolute atomic E-state index is 11.5. The van der Waals surface area contributed by atoms with E-state index in [1.54, 1.807) is 0 Å². The lowest BCUT2D eigenvalue weighted by atomic mass is 9.79. The number of hydrogen-bond acceptors (Lipinski definition) is 3. The second kappa shape index (κ2) is 6.24. The lowest BCUT2D eigenvalue weighted by molar-refractivity contribution is -0.145. The quantitative estimate of drug-likeness (QED) is 0.749. The standard InChI is InChI=1S/C13H25NO2/c1-5-16-13(15)11(4)14-12-7-6-9(2)8-10(12)3/h9-12,14H,5-8H2,1-4H3. The molecule has 1 aliphatic rings. The molecule has 0 bridgehead atoms. The largest absolute Gasteiger partial charge is 0.465 e. The molecule has 3 heteroatoms. The molecule has 0 radical (unpaired) electrons. The van der Waals surface area contributed by atoms with Crippen LogP contribution >= 0.6 is 0 Å². The molecule has 3 nitrogen and oxygen atoms in total. The highest BCUT2D eigenvalue weighted by Crippen LogP contribution is 2.28. The van der Waals surface area contributed by atoms with Crippen LogP contribution in [0.3, 0.4) is 0 Å². The fourth-order valence-electron chi connectivity index (χ4n) is 2.57. The van der Waals surface area contributed by atoms with Gasteiger partial charge in [0.15, 0.2) is 0 Å². The summed E-state index contributed by atoms with van der Waals surface area (Å²) in [7, 11) is 0. The number of esters is 1. The molecule has 0 aromatic rings. The van der Waals surface area contributed by atoms with Crippen molar-refractivity contribution in [1.29, 1.82) is 0 Å². The molecule has 4 unspecified atom stereocenters. The number of carbonyl (C=O) groups is 1. The molecule has 1 aliphatic carbocycles. The molecule has 1 fully saturated rings. The highest BCUT2D eigenvalue weighted by Gasteiger charge is 2.27. The summed E-state index contributed by atoms with van der Waals surface area (Å²) in [5, 5.41) is 3.40. The van der Waals surface area contributed by atoms with E-state index in [-0.39, 0.29) is 12.0 Å². The zero-order valence-corrected chi connectivity index (χ0v) is 11.0. The van der Waals surface area contributed by atoms with Crippen molar-refractivity contribution in [1.82, 2.24) is 5.32 Å². The molecule has 1 N–H and O–H groups in total. The van der Waals surface area contributed by atoms with E-state index < -0.39 is 0 Å². The summed E-state index contributed by atoms with van der Waals surface area (Å²) in [6, 6.07) is 0.288. The molecule has 0 amide bonds. The van der Waals surface area contributed by atoms with Crippen molar-refractivity contribution in [2.45, 2.75) is 59.0 Å². The van der Waals surface area contributed by atoms with Crippen molar-refractivity contribution in [2.24, 2.45) is 11.8 Å². The number of ether oxygens (including phenoxy) is 1. The summed E-state index contributed by atoms with van der Waals surface area (Å²) in [4.78, 5) is 11.5. The Bertz CT molecular complexity index is 230. The first-order chi connectivity index (χ1) is 7.54. The molecular weight excluding hydrogens is 202 g/mol. The number of carbonyl (C=O) groups excluding carboxylic acids is 1. The van der Waals surface area contributed by atoms with Gasteiger partial charge in [-0.3, -0.25) is 4.79 Å². The number of hydrogen-bond donors (Lipinski definition) is 1. The van der Waals surface area contributed by atoms with Crippen molar-refractivity contribution in [3.63, 3.8) is 0 Å². The molecule has 16 heavy (non-hydrogen) atoms. The smallest absolute Gasteiger partial charge is 0.322 e. The highest BCUT2D eigenvalue weighted by molar-refractivity contribution is 5.75. The second-order valence-electron chi connectivity index (χ2n) is 5.14. The summed E-state index contributed by atoms with van der Waals surface area (Å²) >= 11 is 0. The zero-order valence-electron chi connectivity index (χ0n) is 11.0. The van der Waals surface area contributed by atoms with Crippen molar-refractivity contribution in [3.8, 4) is 0 Å². The molecule has 0 aliphatic heterocycles. The maximum atomic E-state index is 11.5. The van der Waals surface area contributed by atoms with Crippen LogP contribution in [0.2, 0.25) is 0 Å². The van der Waals surface area contributed by atoms with Crippen LogP contribution in [0.25, 0.3) is 0 Å². The van der Waals surface area contributed by atoms with Crippen molar-refractivity contribution in [2.75, 3.05) is 6.61 Å². The second-order valence-corrected chi connectivity index (χ2v) is 5.14. The van der Waals surface area contributed by atoms with Gasteiger partial charge in [0.1, 0.15) is 6.04 Å². The minimum absolute atomic E-state index is 0.131. The minimum Gasteiger partial charge on any atom is -0.465 e. The lowest BCUT2D eigenvalue weighted by Crippen LogP contribution is -2.47. The van der Waals surface area contributed by atoms with E-state index in [9.17, 15) is 4.79 Å². The molecule has 94 valence electrons.